The van der Waals surface area contributed by atoms with Crippen LogP contribution in [-0.2, 0) is 27.6 Å². The zero-order chi connectivity index (χ0) is 17.3. The van der Waals surface area contributed by atoms with Gasteiger partial charge in [-0.25, -0.2) is 8.96 Å². The first-order chi connectivity index (χ1) is 11.0. The molecule has 0 spiro atoms. The van der Waals surface area contributed by atoms with Crippen LogP contribution >= 0.6 is 7.82 Å². The molecule has 23 heavy (non-hydrogen) atoms. The Balaban J connectivity index is 2.61. The summed E-state index contributed by atoms with van der Waals surface area (Å²) < 4.78 is 53.2. The van der Waals surface area contributed by atoms with Gasteiger partial charge < -0.3 is 9.47 Å². The number of hydrogen-bond acceptors (Lipinski definition) is 6. The van der Waals surface area contributed by atoms with Gasteiger partial charge in [0.05, 0.1) is 19.2 Å². The van der Waals surface area contributed by atoms with E-state index in [9.17, 15) is 8.96 Å². The Morgan fingerprint density at radius 2 is 1.87 bits per heavy atom. The topological polar surface area (TPSA) is 63.2 Å². The quantitative estimate of drug-likeness (QED) is 0.305. The van der Waals surface area contributed by atoms with Crippen molar-refractivity contribution in [2.24, 2.45) is 0 Å². The first-order valence-electron chi connectivity index (χ1n) is 8.33. The van der Waals surface area contributed by atoms with Crippen LogP contribution in [0.25, 0.3) is 0 Å². The molecule has 0 aromatic rings. The number of halogens is 1. The number of phosphoric acid groups is 1. The molecule has 9 heteroatoms. The summed E-state index contributed by atoms with van der Waals surface area (Å²) in [5.41, 5.74) is 0. The summed E-state index contributed by atoms with van der Waals surface area (Å²) in [5, 5.41) is 0. The third-order valence-electron chi connectivity index (χ3n) is 3.66. The van der Waals surface area contributed by atoms with E-state index in [0.29, 0.717) is 6.61 Å². The second-order valence-corrected chi connectivity index (χ2v) is 7.37. The third-order valence-corrected chi connectivity index (χ3v) is 5.11. The van der Waals surface area contributed by atoms with Crippen LogP contribution in [0.5, 0.6) is 0 Å². The van der Waals surface area contributed by atoms with E-state index in [4.69, 9.17) is 23.0 Å². The summed E-state index contributed by atoms with van der Waals surface area (Å²) in [4.78, 5) is 0. The average molecular weight is 354 g/mol. The van der Waals surface area contributed by atoms with E-state index < -0.39 is 32.2 Å². The van der Waals surface area contributed by atoms with Crippen molar-refractivity contribution in [2.75, 3.05) is 26.9 Å². The van der Waals surface area contributed by atoms with Crippen LogP contribution in [0.3, 0.4) is 0 Å². The van der Waals surface area contributed by atoms with Gasteiger partial charge in [-0.05, 0) is 12.8 Å². The minimum absolute atomic E-state index is 0.189. The smallest absolute Gasteiger partial charge is 0.379 e. The lowest BCUT2D eigenvalue weighted by molar-refractivity contribution is -0.0348. The summed E-state index contributed by atoms with van der Waals surface area (Å²) in [7, 11) is -0.959. The van der Waals surface area contributed by atoms with Crippen molar-refractivity contribution in [3.05, 3.63) is 0 Å². The van der Waals surface area contributed by atoms with Gasteiger partial charge in [0.25, 0.3) is 0 Å². The highest BCUT2D eigenvalue weighted by Crippen LogP contribution is 2.52. The highest BCUT2D eigenvalue weighted by atomic mass is 31.2. The van der Waals surface area contributed by atoms with E-state index in [0.717, 1.165) is 25.7 Å². The van der Waals surface area contributed by atoms with Crippen LogP contribution < -0.4 is 0 Å². The molecular weight excluding hydrogens is 325 g/mol. The van der Waals surface area contributed by atoms with Gasteiger partial charge in [0, 0.05) is 13.7 Å². The second kappa shape index (κ2) is 10.8. The number of unbranched alkanes of at least 4 members (excludes halogenated alkanes) is 2. The second-order valence-electron chi connectivity index (χ2n) is 5.64. The minimum atomic E-state index is -3.80. The molecular formula is C14H29BFO6P. The molecule has 0 saturated carbocycles. The van der Waals surface area contributed by atoms with Crippen molar-refractivity contribution in [1.82, 2.24) is 0 Å². The molecule has 136 valence electrons. The molecule has 0 radical (unpaired) electrons. The van der Waals surface area contributed by atoms with Gasteiger partial charge in [-0.3, -0.25) is 13.6 Å². The Morgan fingerprint density at radius 1 is 1.22 bits per heavy atom. The Morgan fingerprint density at radius 3 is 2.48 bits per heavy atom. The number of hydrogen-bond donors (Lipinski definition) is 0. The molecule has 1 aliphatic rings. The monoisotopic (exact) mass is 354 g/mol. The highest BCUT2D eigenvalue weighted by molar-refractivity contribution is 7.48. The van der Waals surface area contributed by atoms with Crippen LogP contribution in [0, 0.1) is 0 Å². The van der Waals surface area contributed by atoms with Gasteiger partial charge >= 0.3 is 7.82 Å². The fourth-order valence-corrected chi connectivity index (χ4v) is 3.36. The van der Waals surface area contributed by atoms with Gasteiger partial charge in [0.2, 0.25) is 0 Å². The maximum absolute atomic E-state index is 14.3. The molecule has 1 saturated heterocycles. The third kappa shape index (κ3) is 6.81. The first kappa shape index (κ1) is 21.1. The Bertz CT molecular complexity index is 375. The van der Waals surface area contributed by atoms with Crippen molar-refractivity contribution < 1.29 is 32.0 Å². The minimum Gasteiger partial charge on any atom is -0.379 e. The van der Waals surface area contributed by atoms with Crippen molar-refractivity contribution in [3.8, 4) is 0 Å². The zero-order valence-electron chi connectivity index (χ0n) is 14.5. The van der Waals surface area contributed by atoms with E-state index in [-0.39, 0.29) is 13.2 Å². The number of alkyl halides is 1. The molecule has 0 bridgehead atoms. The van der Waals surface area contributed by atoms with Gasteiger partial charge in [-0.15, -0.1) is 0 Å². The maximum Gasteiger partial charge on any atom is 0.474 e. The van der Waals surface area contributed by atoms with Crippen LogP contribution in [0.15, 0.2) is 0 Å². The fraction of sp³-hybridized carbons (Fsp3) is 1.00. The molecule has 1 rings (SSSR count). The molecule has 5 atom stereocenters. The van der Waals surface area contributed by atoms with Crippen LogP contribution in [0.1, 0.15) is 39.5 Å². The molecule has 0 aromatic heterocycles. The molecule has 0 amide bonds. The molecule has 0 aromatic carbocycles. The lowest BCUT2D eigenvalue weighted by Crippen LogP contribution is -2.34. The normalized spacial score (nSPS) is 30.4. The standard InChI is InChI=1S/C14H29BFO6P/c1-4-6-8-19-10-11-13(12(16)14(15)21-11)22-23(17,18-3)20-9-7-5-2/h11-14H,4-10,15H2,1-3H3. The van der Waals surface area contributed by atoms with Gasteiger partial charge in [-0.2, -0.15) is 0 Å². The predicted molar refractivity (Wildman–Crippen MR) is 88.2 cm³/mol. The Kier molecular flexibility index (Phi) is 9.89. The number of rotatable bonds is 12. The van der Waals surface area contributed by atoms with E-state index in [1.165, 1.54) is 7.11 Å². The Labute approximate surface area is 139 Å². The number of ether oxygens (including phenoxy) is 2. The van der Waals surface area contributed by atoms with E-state index in [2.05, 4.69) is 6.92 Å². The SMILES string of the molecule is BC1OC(COCCCC)C(OP(=O)(OC)OCCCC)C1F. The summed E-state index contributed by atoms with van der Waals surface area (Å²) in [5.74, 6) is 0. The van der Waals surface area contributed by atoms with E-state index in [1.807, 2.05) is 6.92 Å². The van der Waals surface area contributed by atoms with Crippen molar-refractivity contribution >= 4 is 15.7 Å². The van der Waals surface area contributed by atoms with Crippen LogP contribution in [0.2, 0.25) is 0 Å². The molecule has 1 fully saturated rings. The van der Waals surface area contributed by atoms with E-state index >= 15 is 0 Å². The first-order valence-corrected chi connectivity index (χ1v) is 9.79. The molecule has 1 aliphatic heterocycles. The summed E-state index contributed by atoms with van der Waals surface area (Å²) in [6, 6.07) is -0.652. The lowest BCUT2D eigenvalue weighted by Gasteiger charge is -2.24. The Hall–Kier alpha value is 0.0249. The van der Waals surface area contributed by atoms with Crippen LogP contribution in [-0.4, -0.2) is 59.2 Å². The van der Waals surface area contributed by atoms with Gasteiger partial charge in [0.15, 0.2) is 0 Å². The molecule has 0 aliphatic carbocycles. The largest absolute Gasteiger partial charge is 0.474 e. The predicted octanol–water partition coefficient (Wildman–Crippen LogP) is 2.46. The molecule has 5 unspecified atom stereocenters. The van der Waals surface area contributed by atoms with Crippen molar-refractivity contribution in [2.45, 2.75) is 63.9 Å². The maximum atomic E-state index is 14.3. The van der Waals surface area contributed by atoms with Gasteiger partial charge in [0.1, 0.15) is 26.2 Å². The van der Waals surface area contributed by atoms with Crippen LogP contribution in [0.4, 0.5) is 4.39 Å². The lowest BCUT2D eigenvalue weighted by atomic mass is 9.94. The van der Waals surface area contributed by atoms with Gasteiger partial charge in [-0.1, -0.05) is 26.7 Å². The molecule has 0 N–H and O–H groups in total. The summed E-state index contributed by atoms with van der Waals surface area (Å²) in [6.07, 6.45) is 0.465. The molecule has 6 nitrogen and oxygen atoms in total. The summed E-state index contributed by atoms with van der Waals surface area (Å²) >= 11 is 0. The fourth-order valence-electron chi connectivity index (χ4n) is 2.20. The zero-order valence-corrected chi connectivity index (χ0v) is 15.4. The van der Waals surface area contributed by atoms with Crippen molar-refractivity contribution in [3.63, 3.8) is 0 Å². The van der Waals surface area contributed by atoms with Crippen molar-refractivity contribution in [1.29, 1.82) is 0 Å². The molecule has 1 heterocycles. The van der Waals surface area contributed by atoms with E-state index in [1.54, 1.807) is 7.85 Å². The number of phosphoric ester groups is 1. The summed E-state index contributed by atoms with van der Waals surface area (Å²) in [6.45, 7) is 5.04. The highest BCUT2D eigenvalue weighted by Gasteiger charge is 2.47. The average Bonchev–Trinajstić information content (AvgIpc) is 2.79.